The highest BCUT2D eigenvalue weighted by molar-refractivity contribution is 7.94. The molecule has 14 heteroatoms. The lowest BCUT2D eigenvalue weighted by Crippen LogP contribution is -2.54. The van der Waals surface area contributed by atoms with Gasteiger partial charge in [0.2, 0.25) is 17.7 Å². The number of ether oxygens (including phenoxy) is 1. The van der Waals surface area contributed by atoms with Crippen LogP contribution >= 0.6 is 0 Å². The van der Waals surface area contributed by atoms with Crippen molar-refractivity contribution in [1.82, 2.24) is 16.0 Å². The first-order valence-corrected chi connectivity index (χ1v) is 16.7. The first kappa shape index (κ1) is 39.1. The minimum atomic E-state index is -3.29. The molecule has 252 valence electrons. The van der Waals surface area contributed by atoms with E-state index in [1.807, 2.05) is 0 Å². The van der Waals surface area contributed by atoms with Crippen LogP contribution in [0.25, 0.3) is 0 Å². The van der Waals surface area contributed by atoms with Gasteiger partial charge in [-0.3, -0.25) is 19.2 Å². The van der Waals surface area contributed by atoms with Gasteiger partial charge in [-0.25, -0.2) is 13.2 Å². The number of carbonyl (C=O) groups excluding carboxylic acids is 5. The molecule has 1 unspecified atom stereocenters. The Morgan fingerprint density at radius 3 is 2.16 bits per heavy atom. The zero-order chi connectivity index (χ0) is 34.2. The Kier molecular flexibility index (Phi) is 16.3. The topological polar surface area (TPSA) is 203 Å². The molecule has 0 radical (unpaired) electrons. The van der Waals surface area contributed by atoms with Crippen molar-refractivity contribution in [3.05, 3.63) is 41.8 Å². The molecular weight excluding hydrogens is 602 g/mol. The van der Waals surface area contributed by atoms with E-state index in [-0.39, 0.29) is 49.5 Å². The van der Waals surface area contributed by atoms with Crippen LogP contribution in [0.15, 0.2) is 36.3 Å². The van der Waals surface area contributed by atoms with Crippen molar-refractivity contribution >= 4 is 45.2 Å². The Morgan fingerprint density at radius 2 is 1.60 bits per heavy atom. The molecule has 13 nitrogen and oxygen atoms in total. The van der Waals surface area contributed by atoms with Gasteiger partial charge in [-0.1, -0.05) is 39.0 Å². The van der Waals surface area contributed by atoms with Crippen molar-refractivity contribution in [3.8, 4) is 0 Å². The number of nitrogens with two attached hydrogens (primary N) is 1. The highest BCUT2D eigenvalue weighted by Crippen LogP contribution is 2.18. The highest BCUT2D eigenvalue weighted by atomic mass is 32.2. The molecular formula is C31H49N5O8S. The molecule has 0 aliphatic heterocycles. The number of hydrogen-bond donors (Lipinski definition) is 5. The summed E-state index contributed by atoms with van der Waals surface area (Å²) in [5, 5.41) is 11.6. The number of carbonyl (C=O) groups is 5. The number of esters is 1. The summed E-state index contributed by atoms with van der Waals surface area (Å²) < 4.78 is 28.4. The second-order valence-electron chi connectivity index (χ2n) is 12.1. The van der Waals surface area contributed by atoms with E-state index in [0.29, 0.717) is 31.4 Å². The molecule has 5 amide bonds. The zero-order valence-corrected chi connectivity index (χ0v) is 27.8. The summed E-state index contributed by atoms with van der Waals surface area (Å²) in [7, 11) is -3.29. The van der Waals surface area contributed by atoms with Gasteiger partial charge in [0.25, 0.3) is 0 Å². The quantitative estimate of drug-likeness (QED) is 0.111. The number of benzene rings is 1. The maximum Gasteiger partial charge on any atom is 0.312 e. The Hall–Kier alpha value is -3.94. The van der Waals surface area contributed by atoms with Crippen LogP contribution in [0.1, 0.15) is 78.7 Å². The summed E-state index contributed by atoms with van der Waals surface area (Å²) in [6, 6.07) is 4.08. The number of nitrogens with one attached hydrogen (secondary N) is 4. The Morgan fingerprint density at radius 1 is 0.956 bits per heavy atom. The molecule has 0 fully saturated rings. The van der Waals surface area contributed by atoms with E-state index in [0.717, 1.165) is 11.0 Å². The molecule has 6 N–H and O–H groups in total. The summed E-state index contributed by atoms with van der Waals surface area (Å²) in [6.07, 6.45) is 1.97. The average Bonchev–Trinajstić information content (AvgIpc) is 2.95. The molecule has 1 aromatic carbocycles. The number of sulfone groups is 1. The van der Waals surface area contributed by atoms with Crippen LogP contribution in [0.3, 0.4) is 0 Å². The standard InChI is InChI=1S/C31H49N5O8S/c1-7-45(42,43)19-10-8-9-13-25(37)36-26(21(2)3)28(39)35-24(12-11-18-33-30(32)41)27(38)34-23-16-14-22(15-17-23)20-44-29(40)31(4,5)6/h7,14-17,21,24,26H,1,8-13,18-20H2,2-6H3,(H,34,38)(H,35,39)(H,36,37)(H3,32,33,41)/t24-,26?/m0/s1. The molecule has 0 bridgehead atoms. The zero-order valence-electron chi connectivity index (χ0n) is 26.9. The summed E-state index contributed by atoms with van der Waals surface area (Å²) in [5.74, 6) is -2.09. The number of anilines is 1. The number of rotatable bonds is 19. The highest BCUT2D eigenvalue weighted by Gasteiger charge is 2.29. The van der Waals surface area contributed by atoms with Crippen molar-refractivity contribution in [2.24, 2.45) is 17.1 Å². The van der Waals surface area contributed by atoms with E-state index in [2.05, 4.69) is 27.8 Å². The van der Waals surface area contributed by atoms with Crippen molar-refractivity contribution in [2.75, 3.05) is 17.6 Å². The molecule has 0 saturated heterocycles. The largest absolute Gasteiger partial charge is 0.460 e. The number of urea groups is 1. The summed E-state index contributed by atoms with van der Waals surface area (Å²) in [4.78, 5) is 62.2. The molecule has 2 atom stereocenters. The van der Waals surface area contributed by atoms with Crippen LogP contribution in [0.2, 0.25) is 0 Å². The van der Waals surface area contributed by atoms with Gasteiger partial charge in [0, 0.05) is 24.1 Å². The lowest BCUT2D eigenvalue weighted by Gasteiger charge is -2.25. The maximum atomic E-state index is 13.3. The molecule has 0 spiro atoms. The minimum absolute atomic E-state index is 0.0371. The normalized spacial score (nSPS) is 12.8. The summed E-state index contributed by atoms with van der Waals surface area (Å²) in [5.41, 5.74) is 5.67. The second-order valence-corrected chi connectivity index (χ2v) is 14.2. The van der Waals surface area contributed by atoms with Crippen LogP contribution in [0.5, 0.6) is 0 Å². The molecule has 0 saturated carbocycles. The van der Waals surface area contributed by atoms with Crippen molar-refractivity contribution in [1.29, 1.82) is 0 Å². The predicted molar refractivity (Wildman–Crippen MR) is 172 cm³/mol. The average molecular weight is 652 g/mol. The summed E-state index contributed by atoms with van der Waals surface area (Å²) in [6.45, 7) is 12.3. The lowest BCUT2D eigenvalue weighted by atomic mass is 9.97. The Bertz CT molecular complexity index is 1270. The molecule has 45 heavy (non-hydrogen) atoms. The predicted octanol–water partition coefficient (Wildman–Crippen LogP) is 2.91. The Labute approximate surface area is 266 Å². The van der Waals surface area contributed by atoms with Crippen LogP contribution < -0.4 is 27.0 Å². The van der Waals surface area contributed by atoms with Gasteiger partial charge in [0.15, 0.2) is 9.84 Å². The number of amides is 5. The third-order valence-electron chi connectivity index (χ3n) is 6.66. The van der Waals surface area contributed by atoms with E-state index in [1.54, 1.807) is 58.9 Å². The van der Waals surface area contributed by atoms with Gasteiger partial charge in [-0.05, 0) is 70.1 Å². The van der Waals surface area contributed by atoms with Crippen molar-refractivity contribution in [2.45, 2.75) is 91.8 Å². The van der Waals surface area contributed by atoms with E-state index in [1.165, 1.54) is 0 Å². The maximum absolute atomic E-state index is 13.3. The van der Waals surface area contributed by atoms with Crippen molar-refractivity contribution < 1.29 is 37.1 Å². The Balaban J connectivity index is 2.85. The first-order chi connectivity index (χ1) is 20.9. The van der Waals surface area contributed by atoms with Crippen LogP contribution in [0.4, 0.5) is 10.5 Å². The number of primary amides is 1. The molecule has 1 aromatic rings. The molecule has 0 aliphatic rings. The minimum Gasteiger partial charge on any atom is -0.460 e. The van der Waals surface area contributed by atoms with Gasteiger partial charge in [-0.2, -0.15) is 0 Å². The first-order valence-electron chi connectivity index (χ1n) is 15.0. The van der Waals surface area contributed by atoms with E-state index >= 15 is 0 Å². The van der Waals surface area contributed by atoms with Gasteiger partial charge in [-0.15, -0.1) is 0 Å². The third-order valence-corrected chi connectivity index (χ3v) is 8.02. The van der Waals surface area contributed by atoms with Gasteiger partial charge < -0.3 is 31.7 Å². The SMILES string of the molecule is C=CS(=O)(=O)CCCCCC(=O)NC(C(=O)N[C@@H](CCCNC(N)=O)C(=O)Nc1ccc(COC(=O)C(C)(C)C)cc1)C(C)C. The van der Waals surface area contributed by atoms with Crippen molar-refractivity contribution in [3.63, 3.8) is 0 Å². The van der Waals surface area contributed by atoms with Crippen LogP contribution in [0, 0.1) is 11.3 Å². The second kappa shape index (κ2) is 18.8. The van der Waals surface area contributed by atoms with E-state index in [4.69, 9.17) is 10.5 Å². The smallest absolute Gasteiger partial charge is 0.312 e. The van der Waals surface area contributed by atoms with E-state index in [9.17, 15) is 32.4 Å². The monoisotopic (exact) mass is 651 g/mol. The third kappa shape index (κ3) is 16.1. The van der Waals surface area contributed by atoms with Gasteiger partial charge in [0.05, 0.1) is 11.2 Å². The van der Waals surface area contributed by atoms with Crippen LogP contribution in [-0.4, -0.2) is 62.5 Å². The number of unbranched alkanes of at least 4 members (excludes halogenated alkanes) is 2. The van der Waals surface area contributed by atoms with E-state index < -0.39 is 45.2 Å². The number of hydrogen-bond acceptors (Lipinski definition) is 8. The molecule has 0 heterocycles. The molecule has 0 aliphatic carbocycles. The lowest BCUT2D eigenvalue weighted by molar-refractivity contribution is -0.154. The molecule has 0 aromatic heterocycles. The molecule has 1 rings (SSSR count). The van der Waals surface area contributed by atoms with Gasteiger partial charge >= 0.3 is 12.0 Å². The summed E-state index contributed by atoms with van der Waals surface area (Å²) >= 11 is 0. The fraction of sp³-hybridized carbons (Fsp3) is 0.581. The van der Waals surface area contributed by atoms with Gasteiger partial charge in [0.1, 0.15) is 18.7 Å². The fourth-order valence-electron chi connectivity index (χ4n) is 3.96. The fourth-order valence-corrected chi connectivity index (χ4v) is 4.73. The van der Waals surface area contributed by atoms with Crippen LogP contribution in [-0.2, 0) is 40.4 Å².